The first kappa shape index (κ1) is 15.3. The van der Waals surface area contributed by atoms with Crippen molar-refractivity contribution in [2.24, 2.45) is 0 Å². The van der Waals surface area contributed by atoms with Crippen molar-refractivity contribution in [2.75, 3.05) is 6.66 Å². The first-order valence-electron chi connectivity index (χ1n) is 3.56. The van der Waals surface area contributed by atoms with Crippen LogP contribution in [0.15, 0.2) is 12.7 Å². The van der Waals surface area contributed by atoms with Gasteiger partial charge in [0, 0.05) is 12.7 Å². The molecule has 0 bridgehead atoms. The normalized spacial score (nSPS) is 13.0. The Morgan fingerprint density at radius 3 is 1.93 bits per heavy atom. The molecule has 2 unspecified atom stereocenters. The summed E-state index contributed by atoms with van der Waals surface area (Å²) in [5.74, 6) is -2.07. The SMILES string of the molecule is C=CC(=O)O.CC(O[PH](C)=O)C(=O)O. The molecule has 0 saturated heterocycles. The molecule has 0 saturated carbocycles. The van der Waals surface area contributed by atoms with Crippen molar-refractivity contribution in [3.05, 3.63) is 12.7 Å². The molecule has 0 amide bonds. The minimum absolute atomic E-state index is 0.833. The van der Waals surface area contributed by atoms with E-state index in [9.17, 15) is 14.2 Å². The van der Waals surface area contributed by atoms with E-state index in [1.165, 1.54) is 13.6 Å². The lowest BCUT2D eigenvalue weighted by Crippen LogP contribution is -2.16. The van der Waals surface area contributed by atoms with Crippen LogP contribution in [0.25, 0.3) is 0 Å². The summed E-state index contributed by atoms with van der Waals surface area (Å²) < 4.78 is 14.7. The zero-order valence-corrected chi connectivity index (χ0v) is 8.89. The summed E-state index contributed by atoms with van der Waals surface area (Å²) in [7, 11) is -2.11. The van der Waals surface area contributed by atoms with Gasteiger partial charge in [0.25, 0.3) is 0 Å². The summed E-state index contributed by atoms with van der Waals surface area (Å²) >= 11 is 0. The fourth-order valence-electron chi connectivity index (χ4n) is 0.299. The van der Waals surface area contributed by atoms with Gasteiger partial charge < -0.3 is 14.7 Å². The van der Waals surface area contributed by atoms with Crippen LogP contribution in [0.1, 0.15) is 6.92 Å². The van der Waals surface area contributed by atoms with Gasteiger partial charge in [-0.15, -0.1) is 0 Å². The zero-order chi connectivity index (χ0) is 11.7. The number of rotatable bonds is 4. The van der Waals surface area contributed by atoms with Gasteiger partial charge in [0.2, 0.25) is 0 Å². The summed E-state index contributed by atoms with van der Waals surface area (Å²) in [5.41, 5.74) is 0. The van der Waals surface area contributed by atoms with Crippen LogP contribution < -0.4 is 0 Å². The Labute approximate surface area is 82.1 Å². The van der Waals surface area contributed by atoms with E-state index in [1.807, 2.05) is 0 Å². The van der Waals surface area contributed by atoms with E-state index in [2.05, 4.69) is 11.1 Å². The Morgan fingerprint density at radius 2 is 1.86 bits per heavy atom. The predicted molar refractivity (Wildman–Crippen MR) is 50.9 cm³/mol. The molecule has 14 heavy (non-hydrogen) atoms. The van der Waals surface area contributed by atoms with Crippen LogP contribution in [-0.4, -0.2) is 34.9 Å². The smallest absolute Gasteiger partial charge is 0.333 e. The van der Waals surface area contributed by atoms with Crippen molar-refractivity contribution in [3.63, 3.8) is 0 Å². The highest BCUT2D eigenvalue weighted by molar-refractivity contribution is 7.38. The molecule has 0 aliphatic carbocycles. The first-order valence-corrected chi connectivity index (χ1v) is 5.38. The summed E-state index contributed by atoms with van der Waals surface area (Å²) in [6.45, 7) is 5.65. The van der Waals surface area contributed by atoms with Crippen molar-refractivity contribution >= 4 is 20.0 Å². The maximum Gasteiger partial charge on any atom is 0.333 e. The van der Waals surface area contributed by atoms with Gasteiger partial charge in [-0.3, -0.25) is 4.57 Å². The third-order valence-corrected chi connectivity index (χ3v) is 1.55. The van der Waals surface area contributed by atoms with E-state index < -0.39 is 26.1 Å². The molecule has 82 valence electrons. The fourth-order valence-corrected chi connectivity index (χ4v) is 0.898. The number of carboxylic acid groups (broad SMARTS) is 2. The van der Waals surface area contributed by atoms with E-state index in [0.29, 0.717) is 0 Å². The molecule has 0 aliphatic rings. The topological polar surface area (TPSA) is 101 Å². The molecule has 0 rings (SSSR count). The standard InChI is InChI=1S/C4H9O4P.C3H4O2/c1-3(4(5)6)8-9(2)7;1-2-3(4)5/h3,9H,1-2H3,(H,5,6);2H,1H2,(H,4,5). The van der Waals surface area contributed by atoms with Crippen molar-refractivity contribution in [1.29, 1.82) is 0 Å². The van der Waals surface area contributed by atoms with Gasteiger partial charge in [0.1, 0.15) is 0 Å². The lowest BCUT2D eigenvalue weighted by atomic mass is 10.4. The molecule has 0 heterocycles. The number of hydrogen-bond donors (Lipinski definition) is 2. The molecule has 0 aromatic heterocycles. The molecule has 0 aromatic carbocycles. The molecule has 6 nitrogen and oxygen atoms in total. The highest BCUT2D eigenvalue weighted by Crippen LogP contribution is 2.17. The number of hydrogen-bond acceptors (Lipinski definition) is 4. The van der Waals surface area contributed by atoms with Crippen LogP contribution in [0.2, 0.25) is 0 Å². The molecule has 0 radical (unpaired) electrons. The molecule has 0 spiro atoms. The van der Waals surface area contributed by atoms with Gasteiger partial charge in [0.05, 0.1) is 0 Å². The van der Waals surface area contributed by atoms with E-state index in [0.717, 1.165) is 6.08 Å². The Morgan fingerprint density at radius 1 is 1.50 bits per heavy atom. The minimum atomic E-state index is -2.11. The third kappa shape index (κ3) is 13.5. The summed E-state index contributed by atoms with van der Waals surface area (Å²) in [4.78, 5) is 19.2. The van der Waals surface area contributed by atoms with E-state index in [-0.39, 0.29) is 0 Å². The van der Waals surface area contributed by atoms with Gasteiger partial charge in [-0.25, -0.2) is 9.59 Å². The average Bonchev–Trinajstić information content (AvgIpc) is 2.04. The molecule has 2 atom stereocenters. The highest BCUT2D eigenvalue weighted by Gasteiger charge is 2.11. The minimum Gasteiger partial charge on any atom is -0.479 e. The van der Waals surface area contributed by atoms with Gasteiger partial charge in [0.15, 0.2) is 14.1 Å². The second-order valence-electron chi connectivity index (χ2n) is 2.13. The maximum absolute atomic E-state index is 10.3. The monoisotopic (exact) mass is 224 g/mol. The second kappa shape index (κ2) is 8.47. The highest BCUT2D eigenvalue weighted by atomic mass is 31.1. The average molecular weight is 224 g/mol. The molecule has 7 heteroatoms. The Hall–Kier alpha value is -1.13. The lowest BCUT2D eigenvalue weighted by Gasteiger charge is -2.03. The van der Waals surface area contributed by atoms with Crippen molar-refractivity contribution in [2.45, 2.75) is 13.0 Å². The summed E-state index contributed by atoms with van der Waals surface area (Å²) in [6, 6.07) is 0. The second-order valence-corrected chi connectivity index (χ2v) is 3.35. The van der Waals surface area contributed by atoms with Crippen LogP contribution >= 0.6 is 8.03 Å². The maximum atomic E-state index is 10.3. The van der Waals surface area contributed by atoms with Crippen LogP contribution in [0.3, 0.4) is 0 Å². The van der Waals surface area contributed by atoms with Crippen LogP contribution in [0.4, 0.5) is 0 Å². The van der Waals surface area contributed by atoms with Gasteiger partial charge in [-0.2, -0.15) is 0 Å². The van der Waals surface area contributed by atoms with Crippen LogP contribution in [-0.2, 0) is 18.7 Å². The van der Waals surface area contributed by atoms with E-state index >= 15 is 0 Å². The van der Waals surface area contributed by atoms with Gasteiger partial charge in [-0.05, 0) is 6.92 Å². The number of aliphatic carboxylic acids is 2. The lowest BCUT2D eigenvalue weighted by molar-refractivity contribution is -0.144. The molecule has 2 N–H and O–H groups in total. The Bertz CT molecular complexity index is 236. The largest absolute Gasteiger partial charge is 0.479 e. The number of carboxylic acids is 2. The van der Waals surface area contributed by atoms with Gasteiger partial charge >= 0.3 is 11.9 Å². The summed E-state index contributed by atoms with van der Waals surface area (Å²) in [5, 5.41) is 15.8. The van der Waals surface area contributed by atoms with Crippen molar-refractivity contribution in [3.8, 4) is 0 Å². The van der Waals surface area contributed by atoms with E-state index in [1.54, 1.807) is 0 Å². The number of carbonyl (C=O) groups is 2. The molecule has 0 aromatic rings. The van der Waals surface area contributed by atoms with Crippen LogP contribution in [0, 0.1) is 0 Å². The Balaban J connectivity index is 0. The van der Waals surface area contributed by atoms with Crippen molar-refractivity contribution < 1.29 is 28.9 Å². The molecular formula is C7H13O6P. The Kier molecular flexibility index (Phi) is 9.28. The van der Waals surface area contributed by atoms with Crippen LogP contribution in [0.5, 0.6) is 0 Å². The quantitative estimate of drug-likeness (QED) is 0.542. The zero-order valence-electron chi connectivity index (χ0n) is 7.89. The molecule has 0 aliphatic heterocycles. The molecular weight excluding hydrogens is 211 g/mol. The third-order valence-electron chi connectivity index (χ3n) is 0.865. The van der Waals surface area contributed by atoms with E-state index in [4.69, 9.17) is 10.2 Å². The predicted octanol–water partition coefficient (Wildman–Crippen LogP) is 0.838. The summed E-state index contributed by atoms with van der Waals surface area (Å²) in [6.07, 6.45) is -0.124. The molecule has 0 fully saturated rings. The fraction of sp³-hybridized carbons (Fsp3) is 0.429. The van der Waals surface area contributed by atoms with Gasteiger partial charge in [-0.1, -0.05) is 6.58 Å². The first-order chi connectivity index (χ1) is 6.31. The van der Waals surface area contributed by atoms with Crippen molar-refractivity contribution in [1.82, 2.24) is 0 Å².